The zero-order valence-electron chi connectivity index (χ0n) is 23.9. The van der Waals surface area contributed by atoms with E-state index in [4.69, 9.17) is 14.5 Å². The van der Waals surface area contributed by atoms with Gasteiger partial charge in [0.15, 0.2) is 5.60 Å². The summed E-state index contributed by atoms with van der Waals surface area (Å²) in [7, 11) is 0. The lowest BCUT2D eigenvalue weighted by Gasteiger charge is -2.24. The van der Waals surface area contributed by atoms with Crippen molar-refractivity contribution < 1.29 is 14.3 Å². The molecule has 5 heteroatoms. The number of carbonyl (C=O) groups is 1. The molecule has 0 radical (unpaired) electrons. The molecule has 0 aliphatic carbocycles. The van der Waals surface area contributed by atoms with Crippen molar-refractivity contribution in [2.45, 2.75) is 84.8 Å². The van der Waals surface area contributed by atoms with Crippen LogP contribution in [-0.2, 0) is 28.9 Å². The molecule has 1 aromatic heterocycles. The number of aryl methyl sites for hydroxylation is 3. The molecule has 0 aliphatic rings. The average Bonchev–Trinajstić information content (AvgIpc) is 3.29. The molecular weight excluding hydrogens is 484 g/mol. The Kier molecular flexibility index (Phi) is 9.80. The van der Waals surface area contributed by atoms with E-state index in [1.165, 1.54) is 53.7 Å². The van der Waals surface area contributed by atoms with E-state index in [9.17, 15) is 4.79 Å². The normalized spacial score (nSPS) is 11.6. The average molecular weight is 527 g/mol. The number of esters is 1. The summed E-state index contributed by atoms with van der Waals surface area (Å²) < 4.78 is 13.5. The van der Waals surface area contributed by atoms with Crippen molar-refractivity contribution in [2.24, 2.45) is 0 Å². The predicted octanol–water partition coefficient (Wildman–Crippen LogP) is 8.18. The molecule has 5 nitrogen and oxygen atoms in total. The van der Waals surface area contributed by atoms with Gasteiger partial charge in [0.05, 0.1) is 17.6 Å². The van der Waals surface area contributed by atoms with Gasteiger partial charge in [0.2, 0.25) is 0 Å². The van der Waals surface area contributed by atoms with Crippen LogP contribution in [0.3, 0.4) is 0 Å². The summed E-state index contributed by atoms with van der Waals surface area (Å²) in [6.45, 7) is 8.86. The number of nitrogens with zero attached hydrogens (tertiary/aromatic N) is 2. The minimum absolute atomic E-state index is 0.339. The third-order valence-electron chi connectivity index (χ3n) is 7.10. The SMILES string of the molecule is CCCCCCn1c(CCCc2ccc(OC(C)(C)C(=O)OCC)cc2)nc2ccc(-c3ccccc3)cc21. The minimum Gasteiger partial charge on any atom is -0.476 e. The number of fused-ring (bicyclic) bond motifs is 1. The number of rotatable bonds is 14. The topological polar surface area (TPSA) is 53.4 Å². The van der Waals surface area contributed by atoms with Gasteiger partial charge < -0.3 is 14.0 Å². The van der Waals surface area contributed by atoms with Crippen LogP contribution in [0, 0.1) is 0 Å². The van der Waals surface area contributed by atoms with E-state index in [2.05, 4.69) is 72.2 Å². The summed E-state index contributed by atoms with van der Waals surface area (Å²) in [6.07, 6.45) is 7.82. The summed E-state index contributed by atoms with van der Waals surface area (Å²) >= 11 is 0. The van der Waals surface area contributed by atoms with Gasteiger partial charge in [0, 0.05) is 13.0 Å². The monoisotopic (exact) mass is 526 g/mol. The molecule has 3 aromatic carbocycles. The first kappa shape index (κ1) is 28.4. The van der Waals surface area contributed by atoms with Crippen LogP contribution in [0.15, 0.2) is 72.8 Å². The van der Waals surface area contributed by atoms with Crippen LogP contribution >= 0.6 is 0 Å². The fourth-order valence-corrected chi connectivity index (χ4v) is 4.94. The maximum atomic E-state index is 12.1. The fourth-order valence-electron chi connectivity index (χ4n) is 4.94. The van der Waals surface area contributed by atoms with Crippen LogP contribution in [0.4, 0.5) is 0 Å². The molecule has 0 aliphatic heterocycles. The number of unbranched alkanes of at least 4 members (excludes halogenated alkanes) is 3. The second-order valence-electron chi connectivity index (χ2n) is 10.6. The minimum atomic E-state index is -1.02. The van der Waals surface area contributed by atoms with Crippen LogP contribution in [0.2, 0.25) is 0 Å². The van der Waals surface area contributed by atoms with Crippen molar-refractivity contribution in [3.05, 3.63) is 84.2 Å². The van der Waals surface area contributed by atoms with Crippen LogP contribution < -0.4 is 4.74 Å². The first-order chi connectivity index (χ1) is 18.9. The third-order valence-corrected chi connectivity index (χ3v) is 7.10. The molecule has 0 fully saturated rings. The van der Waals surface area contributed by atoms with Crippen molar-refractivity contribution in [3.8, 4) is 16.9 Å². The zero-order chi connectivity index (χ0) is 27.7. The number of hydrogen-bond donors (Lipinski definition) is 0. The van der Waals surface area contributed by atoms with E-state index >= 15 is 0 Å². The number of aromatic nitrogens is 2. The second-order valence-corrected chi connectivity index (χ2v) is 10.6. The first-order valence-corrected chi connectivity index (χ1v) is 14.4. The Hall–Kier alpha value is -3.60. The molecule has 0 N–H and O–H groups in total. The Morgan fingerprint density at radius 2 is 1.62 bits per heavy atom. The highest BCUT2D eigenvalue weighted by molar-refractivity contribution is 5.82. The fraction of sp³-hybridized carbons (Fsp3) is 0.412. The number of benzene rings is 3. The Balaban J connectivity index is 1.44. The molecule has 0 atom stereocenters. The van der Waals surface area contributed by atoms with Gasteiger partial charge in [0.1, 0.15) is 11.6 Å². The molecule has 0 saturated carbocycles. The number of imidazole rings is 1. The largest absolute Gasteiger partial charge is 0.476 e. The van der Waals surface area contributed by atoms with Gasteiger partial charge in [-0.15, -0.1) is 0 Å². The van der Waals surface area contributed by atoms with Gasteiger partial charge in [-0.05, 0) is 81.0 Å². The van der Waals surface area contributed by atoms with E-state index in [0.29, 0.717) is 12.4 Å². The van der Waals surface area contributed by atoms with Gasteiger partial charge >= 0.3 is 5.97 Å². The molecule has 4 rings (SSSR count). The van der Waals surface area contributed by atoms with Crippen LogP contribution in [0.1, 0.15) is 71.2 Å². The van der Waals surface area contributed by atoms with E-state index in [-0.39, 0.29) is 5.97 Å². The summed E-state index contributed by atoms with van der Waals surface area (Å²) in [4.78, 5) is 17.2. The molecule has 39 heavy (non-hydrogen) atoms. The summed E-state index contributed by atoms with van der Waals surface area (Å²) in [5.41, 5.74) is 5.00. The highest BCUT2D eigenvalue weighted by atomic mass is 16.6. The zero-order valence-corrected chi connectivity index (χ0v) is 23.9. The predicted molar refractivity (Wildman–Crippen MR) is 159 cm³/mol. The van der Waals surface area contributed by atoms with E-state index in [0.717, 1.165) is 31.3 Å². The third kappa shape index (κ3) is 7.50. The first-order valence-electron chi connectivity index (χ1n) is 14.4. The van der Waals surface area contributed by atoms with E-state index in [1.54, 1.807) is 20.8 Å². The highest BCUT2D eigenvalue weighted by Crippen LogP contribution is 2.27. The Morgan fingerprint density at radius 1 is 0.846 bits per heavy atom. The summed E-state index contributed by atoms with van der Waals surface area (Å²) in [5.74, 6) is 1.48. The highest BCUT2D eigenvalue weighted by Gasteiger charge is 2.31. The molecule has 0 saturated heterocycles. The van der Waals surface area contributed by atoms with Crippen LogP contribution in [-0.4, -0.2) is 27.7 Å². The number of carbonyl (C=O) groups excluding carboxylic acids is 1. The molecule has 206 valence electrons. The van der Waals surface area contributed by atoms with Crippen molar-refractivity contribution in [2.75, 3.05) is 6.61 Å². The molecule has 0 spiro atoms. The van der Waals surface area contributed by atoms with Gasteiger partial charge in [-0.3, -0.25) is 0 Å². The Bertz CT molecular complexity index is 1340. The van der Waals surface area contributed by atoms with Crippen molar-refractivity contribution >= 4 is 17.0 Å². The second kappa shape index (κ2) is 13.5. The molecule has 0 unspecified atom stereocenters. The van der Waals surface area contributed by atoms with Gasteiger partial charge in [-0.1, -0.05) is 74.7 Å². The van der Waals surface area contributed by atoms with Gasteiger partial charge in [-0.25, -0.2) is 9.78 Å². The van der Waals surface area contributed by atoms with Crippen LogP contribution in [0.25, 0.3) is 22.2 Å². The molecular formula is C34H42N2O3. The maximum Gasteiger partial charge on any atom is 0.349 e. The smallest absolute Gasteiger partial charge is 0.349 e. The number of hydrogen-bond acceptors (Lipinski definition) is 4. The Labute approximate surface area is 233 Å². The van der Waals surface area contributed by atoms with Crippen LogP contribution in [0.5, 0.6) is 5.75 Å². The molecule has 0 amide bonds. The summed E-state index contributed by atoms with van der Waals surface area (Å²) in [6, 6.07) is 25.3. The van der Waals surface area contributed by atoms with Gasteiger partial charge in [-0.2, -0.15) is 0 Å². The summed E-state index contributed by atoms with van der Waals surface area (Å²) in [5, 5.41) is 0. The van der Waals surface area contributed by atoms with E-state index < -0.39 is 5.60 Å². The maximum absolute atomic E-state index is 12.1. The quantitative estimate of drug-likeness (QED) is 0.123. The standard InChI is InChI=1S/C34H42N2O3/c1-5-7-8-12-24-36-31-25-28(27-15-10-9-11-16-27)20-23-30(31)35-32(36)17-13-14-26-18-21-29(22-19-26)39-34(3,4)33(37)38-6-2/h9-11,15-16,18-23,25H,5-8,12-14,17,24H2,1-4H3. The van der Waals surface area contributed by atoms with E-state index in [1.807, 2.05) is 12.1 Å². The molecule has 1 heterocycles. The lowest BCUT2D eigenvalue weighted by Crippen LogP contribution is -2.39. The number of ether oxygens (including phenoxy) is 2. The lowest BCUT2D eigenvalue weighted by atomic mass is 10.1. The van der Waals surface area contributed by atoms with Crippen molar-refractivity contribution in [1.29, 1.82) is 0 Å². The molecule has 0 bridgehead atoms. The van der Waals surface area contributed by atoms with Gasteiger partial charge in [0.25, 0.3) is 0 Å². The lowest BCUT2D eigenvalue weighted by molar-refractivity contribution is -0.158. The van der Waals surface area contributed by atoms with Crippen molar-refractivity contribution in [1.82, 2.24) is 9.55 Å². The Morgan fingerprint density at radius 3 is 2.33 bits per heavy atom. The van der Waals surface area contributed by atoms with Crippen molar-refractivity contribution in [3.63, 3.8) is 0 Å². The molecule has 4 aromatic rings.